The zero-order valence-corrected chi connectivity index (χ0v) is 14.0. The van der Waals surface area contributed by atoms with Gasteiger partial charge in [-0.2, -0.15) is 0 Å². The molecule has 0 bridgehead atoms. The minimum absolute atomic E-state index is 0.156. The first-order chi connectivity index (χ1) is 11.2. The third kappa shape index (κ3) is 10.5. The molecule has 1 aromatic rings. The van der Waals surface area contributed by atoms with Crippen molar-refractivity contribution in [2.45, 2.75) is 20.3 Å². The molecule has 0 aliphatic carbocycles. The standard InChI is InChI=1S/C7H6O2.C6H14O3.C4H6O2/c8-7(9)6-4-2-1-3-5-6;1-2-6(3-7,4-8)5-9;1-3(2)4(5)6/h1-5H,(H,8,9);7-9H,2-5H2,1H3;1H2,2H3,(H,5,6). The van der Waals surface area contributed by atoms with E-state index in [4.69, 9.17) is 25.5 Å². The minimum Gasteiger partial charge on any atom is -0.478 e. The van der Waals surface area contributed by atoms with E-state index >= 15 is 0 Å². The second kappa shape index (κ2) is 13.2. The number of carboxylic acid groups (broad SMARTS) is 2. The summed E-state index contributed by atoms with van der Waals surface area (Å²) in [5, 5.41) is 42.2. The average Bonchev–Trinajstić information content (AvgIpc) is 2.59. The van der Waals surface area contributed by atoms with Crippen LogP contribution in [0.1, 0.15) is 30.6 Å². The van der Waals surface area contributed by atoms with Gasteiger partial charge in [0.15, 0.2) is 0 Å². The van der Waals surface area contributed by atoms with Gasteiger partial charge in [-0.15, -0.1) is 0 Å². The molecule has 1 aromatic carbocycles. The first kappa shape index (κ1) is 24.0. The van der Waals surface area contributed by atoms with Gasteiger partial charge in [0.05, 0.1) is 25.4 Å². The van der Waals surface area contributed by atoms with Crippen LogP contribution in [-0.4, -0.2) is 57.3 Å². The highest BCUT2D eigenvalue weighted by atomic mass is 16.4. The summed E-state index contributed by atoms with van der Waals surface area (Å²) in [5.41, 5.74) is -0.160. The number of hydrogen-bond acceptors (Lipinski definition) is 5. The van der Waals surface area contributed by atoms with Gasteiger partial charge in [0.1, 0.15) is 0 Å². The maximum absolute atomic E-state index is 10.2. The van der Waals surface area contributed by atoms with Gasteiger partial charge in [-0.1, -0.05) is 31.7 Å². The highest BCUT2D eigenvalue weighted by molar-refractivity contribution is 5.87. The Balaban J connectivity index is 0. The fourth-order valence-corrected chi connectivity index (χ4v) is 1.07. The summed E-state index contributed by atoms with van der Waals surface area (Å²) in [6.45, 7) is 5.96. The number of aliphatic hydroxyl groups is 3. The SMILES string of the molecule is C=C(C)C(=O)O.CCC(CO)(CO)CO.O=C(O)c1ccccc1. The molecular weight excluding hydrogens is 316 g/mol. The first-order valence-corrected chi connectivity index (χ1v) is 7.19. The predicted molar refractivity (Wildman–Crippen MR) is 89.8 cm³/mol. The van der Waals surface area contributed by atoms with Crippen LogP contribution in [-0.2, 0) is 4.79 Å². The number of rotatable bonds is 6. The molecule has 24 heavy (non-hydrogen) atoms. The molecule has 0 amide bonds. The van der Waals surface area contributed by atoms with Gasteiger partial charge in [0.25, 0.3) is 0 Å². The number of aromatic carboxylic acids is 1. The van der Waals surface area contributed by atoms with E-state index in [0.29, 0.717) is 12.0 Å². The molecule has 7 nitrogen and oxygen atoms in total. The van der Waals surface area contributed by atoms with Crippen LogP contribution in [0.3, 0.4) is 0 Å². The van der Waals surface area contributed by atoms with Crippen LogP contribution in [0.2, 0.25) is 0 Å². The first-order valence-electron chi connectivity index (χ1n) is 7.19. The molecule has 0 atom stereocenters. The molecule has 136 valence electrons. The van der Waals surface area contributed by atoms with E-state index in [9.17, 15) is 9.59 Å². The highest BCUT2D eigenvalue weighted by Crippen LogP contribution is 2.18. The Labute approximate surface area is 141 Å². The number of carboxylic acids is 2. The summed E-state index contributed by atoms with van der Waals surface area (Å²) in [7, 11) is 0. The Morgan fingerprint density at radius 2 is 1.38 bits per heavy atom. The van der Waals surface area contributed by atoms with Crippen molar-refractivity contribution < 1.29 is 35.1 Å². The van der Waals surface area contributed by atoms with Crippen molar-refractivity contribution in [1.82, 2.24) is 0 Å². The zero-order valence-electron chi connectivity index (χ0n) is 14.0. The number of benzene rings is 1. The Bertz CT molecular complexity index is 463. The van der Waals surface area contributed by atoms with E-state index in [2.05, 4.69) is 6.58 Å². The third-order valence-corrected chi connectivity index (χ3v) is 3.14. The molecule has 7 heteroatoms. The second-order valence-electron chi connectivity index (χ2n) is 5.08. The smallest absolute Gasteiger partial charge is 0.335 e. The van der Waals surface area contributed by atoms with Crippen molar-refractivity contribution in [1.29, 1.82) is 0 Å². The summed E-state index contributed by atoms with van der Waals surface area (Å²) in [6.07, 6.45) is 0.594. The van der Waals surface area contributed by atoms with E-state index in [-0.39, 0.29) is 25.4 Å². The van der Waals surface area contributed by atoms with Gasteiger partial charge in [-0.05, 0) is 25.5 Å². The van der Waals surface area contributed by atoms with Crippen molar-refractivity contribution in [2.24, 2.45) is 5.41 Å². The molecule has 5 N–H and O–H groups in total. The van der Waals surface area contributed by atoms with Gasteiger partial charge >= 0.3 is 11.9 Å². The topological polar surface area (TPSA) is 135 Å². The molecule has 0 aromatic heterocycles. The van der Waals surface area contributed by atoms with Crippen molar-refractivity contribution in [3.63, 3.8) is 0 Å². The van der Waals surface area contributed by atoms with E-state index in [1.54, 1.807) is 30.3 Å². The minimum atomic E-state index is -0.935. The molecule has 0 saturated carbocycles. The Hall–Kier alpha value is -2.22. The summed E-state index contributed by atoms with van der Waals surface area (Å²) in [5.74, 6) is -1.81. The lowest BCUT2D eigenvalue weighted by Gasteiger charge is -2.24. The number of hydrogen-bond donors (Lipinski definition) is 5. The Morgan fingerprint density at radius 1 is 1.00 bits per heavy atom. The fourth-order valence-electron chi connectivity index (χ4n) is 1.07. The average molecular weight is 342 g/mol. The Morgan fingerprint density at radius 3 is 1.50 bits per heavy atom. The molecular formula is C17H26O7. The van der Waals surface area contributed by atoms with Crippen molar-refractivity contribution in [2.75, 3.05) is 19.8 Å². The van der Waals surface area contributed by atoms with Crippen LogP contribution >= 0.6 is 0 Å². The van der Waals surface area contributed by atoms with Crippen molar-refractivity contribution >= 4 is 11.9 Å². The van der Waals surface area contributed by atoms with Crippen LogP contribution in [0.25, 0.3) is 0 Å². The van der Waals surface area contributed by atoms with Crippen LogP contribution in [0.5, 0.6) is 0 Å². The molecule has 0 aliphatic heterocycles. The third-order valence-electron chi connectivity index (χ3n) is 3.14. The van der Waals surface area contributed by atoms with Gasteiger partial charge in [0.2, 0.25) is 0 Å². The zero-order chi connectivity index (χ0) is 19.2. The maximum Gasteiger partial charge on any atom is 0.335 e. The molecule has 0 spiro atoms. The van der Waals surface area contributed by atoms with Crippen LogP contribution in [0.4, 0.5) is 0 Å². The van der Waals surface area contributed by atoms with Gasteiger partial charge in [0, 0.05) is 11.0 Å². The summed E-state index contributed by atoms with van der Waals surface area (Å²) in [4.78, 5) is 19.8. The monoisotopic (exact) mass is 342 g/mol. The number of aliphatic hydroxyl groups excluding tert-OH is 3. The van der Waals surface area contributed by atoms with E-state index in [0.717, 1.165) is 0 Å². The lowest BCUT2D eigenvalue weighted by Crippen LogP contribution is -2.32. The van der Waals surface area contributed by atoms with E-state index in [1.807, 2.05) is 6.92 Å². The van der Waals surface area contributed by atoms with E-state index in [1.165, 1.54) is 6.92 Å². The highest BCUT2D eigenvalue weighted by Gasteiger charge is 2.24. The van der Waals surface area contributed by atoms with Crippen molar-refractivity contribution in [3.8, 4) is 0 Å². The molecule has 0 aliphatic rings. The van der Waals surface area contributed by atoms with E-state index < -0.39 is 17.4 Å². The lowest BCUT2D eigenvalue weighted by atomic mass is 9.88. The summed E-state index contributed by atoms with van der Waals surface area (Å²) < 4.78 is 0. The number of carbonyl (C=O) groups is 2. The second-order valence-corrected chi connectivity index (χ2v) is 5.08. The van der Waals surface area contributed by atoms with Crippen LogP contribution in [0.15, 0.2) is 42.5 Å². The summed E-state index contributed by atoms with van der Waals surface area (Å²) in [6, 6.07) is 8.30. The quantitative estimate of drug-likeness (QED) is 0.493. The molecule has 1 rings (SSSR count). The predicted octanol–water partition coefficient (Wildman–Crippen LogP) is 1.39. The molecule has 0 saturated heterocycles. The molecule has 0 unspecified atom stereocenters. The lowest BCUT2D eigenvalue weighted by molar-refractivity contribution is -0.132. The molecule has 0 fully saturated rings. The van der Waals surface area contributed by atoms with Gasteiger partial charge in [-0.3, -0.25) is 0 Å². The van der Waals surface area contributed by atoms with Gasteiger partial charge in [-0.25, -0.2) is 9.59 Å². The Kier molecular flexibility index (Phi) is 13.3. The van der Waals surface area contributed by atoms with Crippen LogP contribution in [0, 0.1) is 5.41 Å². The van der Waals surface area contributed by atoms with Crippen molar-refractivity contribution in [3.05, 3.63) is 48.0 Å². The van der Waals surface area contributed by atoms with Crippen LogP contribution < -0.4 is 0 Å². The van der Waals surface area contributed by atoms with Gasteiger partial charge < -0.3 is 25.5 Å². The molecule has 0 heterocycles. The fraction of sp³-hybridized carbons (Fsp3) is 0.412. The normalized spacial score (nSPS) is 9.71. The molecule has 0 radical (unpaired) electrons. The largest absolute Gasteiger partial charge is 0.478 e. The summed E-state index contributed by atoms with van der Waals surface area (Å²) >= 11 is 0. The number of aliphatic carboxylic acids is 1. The maximum atomic E-state index is 10.2.